The summed E-state index contributed by atoms with van der Waals surface area (Å²) in [6.45, 7) is 0.421. The van der Waals surface area contributed by atoms with E-state index >= 15 is 0 Å². The highest BCUT2D eigenvalue weighted by Gasteiger charge is 2.51. The van der Waals surface area contributed by atoms with Gasteiger partial charge in [0.2, 0.25) is 5.92 Å². The van der Waals surface area contributed by atoms with Gasteiger partial charge in [-0.2, -0.15) is 0 Å². The molecule has 1 saturated carbocycles. The van der Waals surface area contributed by atoms with Crippen LogP contribution in [0.5, 0.6) is 0 Å². The van der Waals surface area contributed by atoms with Crippen LogP contribution in [0.2, 0.25) is 0 Å². The molecule has 1 aliphatic carbocycles. The molecule has 1 saturated heterocycles. The second-order valence-corrected chi connectivity index (χ2v) is 6.69. The second-order valence-electron chi connectivity index (χ2n) is 6.69. The molecule has 0 aromatic heterocycles. The maximum absolute atomic E-state index is 13.3. The highest BCUT2D eigenvalue weighted by Crippen LogP contribution is 2.38. The Morgan fingerprint density at radius 1 is 1.04 bits per heavy atom. The average Bonchev–Trinajstić information content (AvgIpc) is 2.77. The fourth-order valence-corrected chi connectivity index (χ4v) is 3.96. The number of carbonyl (C=O) groups is 2. The fraction of sp³-hybridized carbons (Fsp3) is 0.529. The number of hydrogen-bond acceptors (Lipinski definition) is 2. The van der Waals surface area contributed by atoms with Crippen LogP contribution in [0.3, 0.4) is 0 Å². The second kappa shape index (κ2) is 5.01. The van der Waals surface area contributed by atoms with Crippen LogP contribution in [-0.2, 0) is 17.8 Å². The molecular formula is C17H18F2N2O2. The molecule has 2 aliphatic heterocycles. The van der Waals surface area contributed by atoms with Crippen LogP contribution in [0.25, 0.3) is 0 Å². The molecule has 1 unspecified atom stereocenters. The summed E-state index contributed by atoms with van der Waals surface area (Å²) < 4.78 is 26.7. The molecule has 1 aromatic rings. The Kier molecular flexibility index (Phi) is 3.18. The van der Waals surface area contributed by atoms with E-state index in [1.54, 1.807) is 4.90 Å². The number of hydrogen-bond donors (Lipinski definition) is 0. The van der Waals surface area contributed by atoms with Crippen molar-refractivity contribution in [3.63, 3.8) is 0 Å². The number of rotatable bonds is 1. The van der Waals surface area contributed by atoms with Crippen molar-refractivity contribution in [1.82, 2.24) is 9.80 Å². The first-order chi connectivity index (χ1) is 11.0. The molecule has 122 valence electrons. The lowest BCUT2D eigenvalue weighted by atomic mass is 9.91. The zero-order valence-electron chi connectivity index (χ0n) is 12.7. The predicted octanol–water partition coefficient (Wildman–Crippen LogP) is 2.95. The summed E-state index contributed by atoms with van der Waals surface area (Å²) in [6, 6.07) is 6.62. The van der Waals surface area contributed by atoms with E-state index in [0.717, 1.165) is 11.1 Å². The number of alkyl halides is 2. The Morgan fingerprint density at radius 2 is 1.70 bits per heavy atom. The summed E-state index contributed by atoms with van der Waals surface area (Å²) in [5.74, 6) is -2.88. The molecule has 3 amide bonds. The smallest absolute Gasteiger partial charge is 0.308 e. The summed E-state index contributed by atoms with van der Waals surface area (Å²) in [6.07, 6.45) is 0.398. The Hall–Kier alpha value is -1.98. The van der Waals surface area contributed by atoms with Crippen LogP contribution < -0.4 is 0 Å². The lowest BCUT2D eigenvalue weighted by molar-refractivity contribution is -0.132. The van der Waals surface area contributed by atoms with E-state index in [9.17, 15) is 18.4 Å². The van der Waals surface area contributed by atoms with Gasteiger partial charge in [0, 0.05) is 31.8 Å². The zero-order valence-corrected chi connectivity index (χ0v) is 12.7. The SMILES string of the molecule is O=C1C2Cc3ccccc3CN2C(=O)N1C1CCC(F)(F)CC1. The average molecular weight is 320 g/mol. The highest BCUT2D eigenvalue weighted by atomic mass is 19.3. The van der Waals surface area contributed by atoms with Gasteiger partial charge in [0.15, 0.2) is 0 Å². The van der Waals surface area contributed by atoms with Crippen molar-refractivity contribution in [1.29, 1.82) is 0 Å². The van der Waals surface area contributed by atoms with Crippen molar-refractivity contribution in [2.24, 2.45) is 0 Å². The molecule has 6 heteroatoms. The Labute approximate surface area is 133 Å². The van der Waals surface area contributed by atoms with Gasteiger partial charge in [-0.15, -0.1) is 0 Å². The number of imide groups is 1. The molecule has 1 aromatic carbocycles. The predicted molar refractivity (Wildman–Crippen MR) is 78.9 cm³/mol. The number of nitrogens with zero attached hydrogens (tertiary/aromatic N) is 2. The molecule has 4 nitrogen and oxygen atoms in total. The standard InChI is InChI=1S/C17H18F2N2O2/c18-17(19)7-5-13(6-8-17)21-15(22)14-9-11-3-1-2-4-12(11)10-20(14)16(21)23/h1-4,13-14H,5-10H2. The zero-order chi connectivity index (χ0) is 16.2. The Balaban J connectivity index is 1.57. The monoisotopic (exact) mass is 320 g/mol. The van der Waals surface area contributed by atoms with Gasteiger partial charge >= 0.3 is 6.03 Å². The largest absolute Gasteiger partial charge is 0.328 e. The highest BCUT2D eigenvalue weighted by molar-refractivity contribution is 6.05. The third kappa shape index (κ3) is 2.31. The number of urea groups is 1. The van der Waals surface area contributed by atoms with Crippen LogP contribution >= 0.6 is 0 Å². The summed E-state index contributed by atoms with van der Waals surface area (Å²) in [5, 5.41) is 0. The minimum absolute atomic E-state index is 0.192. The van der Waals surface area contributed by atoms with E-state index in [1.807, 2.05) is 24.3 Å². The first kappa shape index (κ1) is 14.6. The molecule has 0 N–H and O–H groups in total. The third-order valence-corrected chi connectivity index (χ3v) is 5.27. The first-order valence-electron chi connectivity index (χ1n) is 8.04. The third-order valence-electron chi connectivity index (χ3n) is 5.27. The van der Waals surface area contributed by atoms with Crippen molar-refractivity contribution >= 4 is 11.9 Å². The van der Waals surface area contributed by atoms with Crippen molar-refractivity contribution in [3.8, 4) is 0 Å². The van der Waals surface area contributed by atoms with Crippen LogP contribution in [0.15, 0.2) is 24.3 Å². The molecular weight excluding hydrogens is 302 g/mol. The van der Waals surface area contributed by atoms with Gasteiger partial charge in [0.25, 0.3) is 5.91 Å². The van der Waals surface area contributed by atoms with Gasteiger partial charge in [-0.05, 0) is 24.0 Å². The summed E-state index contributed by atoms with van der Waals surface area (Å²) in [4.78, 5) is 28.2. The van der Waals surface area contributed by atoms with Crippen molar-refractivity contribution in [3.05, 3.63) is 35.4 Å². The normalized spacial score (nSPS) is 27.1. The number of benzene rings is 1. The number of fused-ring (bicyclic) bond motifs is 2. The van der Waals surface area contributed by atoms with Crippen LogP contribution in [0.1, 0.15) is 36.8 Å². The molecule has 0 spiro atoms. The summed E-state index contributed by atoms with van der Waals surface area (Å²) >= 11 is 0. The minimum atomic E-state index is -2.66. The van der Waals surface area contributed by atoms with Crippen LogP contribution in [0, 0.1) is 0 Å². The van der Waals surface area contributed by atoms with Crippen LogP contribution in [0.4, 0.5) is 13.6 Å². The van der Waals surface area contributed by atoms with Gasteiger partial charge < -0.3 is 4.90 Å². The maximum Gasteiger partial charge on any atom is 0.328 e. The van der Waals surface area contributed by atoms with E-state index in [-0.39, 0.29) is 43.7 Å². The van der Waals surface area contributed by atoms with Gasteiger partial charge in [-0.25, -0.2) is 13.6 Å². The van der Waals surface area contributed by atoms with Crippen LogP contribution in [-0.4, -0.2) is 39.7 Å². The van der Waals surface area contributed by atoms with E-state index in [4.69, 9.17) is 0 Å². The lowest BCUT2D eigenvalue weighted by Gasteiger charge is -2.33. The van der Waals surface area contributed by atoms with E-state index < -0.39 is 12.0 Å². The Bertz CT molecular complexity index is 623. The topological polar surface area (TPSA) is 40.6 Å². The van der Waals surface area contributed by atoms with Gasteiger partial charge in [0.05, 0.1) is 0 Å². The molecule has 23 heavy (non-hydrogen) atoms. The molecule has 2 fully saturated rings. The van der Waals surface area contributed by atoms with Gasteiger partial charge in [-0.3, -0.25) is 9.69 Å². The molecule has 1 atom stereocenters. The van der Waals surface area contributed by atoms with Crippen molar-refractivity contribution < 1.29 is 18.4 Å². The van der Waals surface area contributed by atoms with Crippen molar-refractivity contribution in [2.75, 3.05) is 0 Å². The molecule has 0 radical (unpaired) electrons. The molecule has 3 aliphatic rings. The molecule has 2 heterocycles. The maximum atomic E-state index is 13.3. The van der Waals surface area contributed by atoms with E-state index in [1.165, 1.54) is 4.90 Å². The summed E-state index contributed by atoms with van der Waals surface area (Å²) in [5.41, 5.74) is 2.15. The number of carbonyl (C=O) groups excluding carboxylic acids is 2. The Morgan fingerprint density at radius 3 is 2.39 bits per heavy atom. The van der Waals surface area contributed by atoms with Gasteiger partial charge in [-0.1, -0.05) is 24.3 Å². The molecule has 4 rings (SSSR count). The fourth-order valence-electron chi connectivity index (χ4n) is 3.96. The minimum Gasteiger partial charge on any atom is -0.308 e. The quantitative estimate of drug-likeness (QED) is 0.747. The van der Waals surface area contributed by atoms with E-state index in [2.05, 4.69) is 0 Å². The number of halogens is 2. The van der Waals surface area contributed by atoms with Crippen molar-refractivity contribution in [2.45, 2.75) is 56.7 Å². The van der Waals surface area contributed by atoms with Gasteiger partial charge in [0.1, 0.15) is 6.04 Å². The van der Waals surface area contributed by atoms with E-state index in [0.29, 0.717) is 13.0 Å². The summed E-state index contributed by atoms with van der Waals surface area (Å²) in [7, 11) is 0. The number of amides is 3. The first-order valence-corrected chi connectivity index (χ1v) is 8.04. The molecule has 0 bridgehead atoms. The lowest BCUT2D eigenvalue weighted by Crippen LogP contribution is -2.44.